The smallest absolute Gasteiger partial charge is 0.247 e. The number of nitrogens with one attached hydrogen (secondary N) is 2. The minimum Gasteiger partial charge on any atom is -0.305 e. The second kappa shape index (κ2) is 8.22. The van der Waals surface area contributed by atoms with Gasteiger partial charge in [-0.3, -0.25) is 14.4 Å². The van der Waals surface area contributed by atoms with Gasteiger partial charge in [0.15, 0.2) is 5.13 Å². The zero-order valence-corrected chi connectivity index (χ0v) is 16.9. The lowest BCUT2D eigenvalue weighted by Gasteiger charge is -2.25. The molecule has 0 saturated heterocycles. The van der Waals surface area contributed by atoms with Gasteiger partial charge in [0.1, 0.15) is 6.04 Å². The van der Waals surface area contributed by atoms with Crippen molar-refractivity contribution in [2.24, 2.45) is 7.05 Å². The van der Waals surface area contributed by atoms with Gasteiger partial charge >= 0.3 is 0 Å². The van der Waals surface area contributed by atoms with Gasteiger partial charge in [-0.1, -0.05) is 30.3 Å². The van der Waals surface area contributed by atoms with Crippen LogP contribution in [-0.2, 0) is 31.4 Å². The van der Waals surface area contributed by atoms with Crippen LogP contribution in [-0.4, -0.2) is 39.2 Å². The van der Waals surface area contributed by atoms with E-state index in [1.165, 1.54) is 10.4 Å². The molecule has 1 amide bonds. The molecule has 3 aromatic rings. The van der Waals surface area contributed by atoms with Crippen LogP contribution in [0.3, 0.4) is 0 Å². The summed E-state index contributed by atoms with van der Waals surface area (Å²) in [5.74, 6) is -0.122. The quantitative estimate of drug-likeness (QED) is 0.669. The summed E-state index contributed by atoms with van der Waals surface area (Å²) < 4.78 is 1.69. The van der Waals surface area contributed by atoms with Crippen molar-refractivity contribution in [3.8, 4) is 0 Å². The van der Waals surface area contributed by atoms with Crippen LogP contribution >= 0.6 is 11.3 Å². The van der Waals surface area contributed by atoms with E-state index >= 15 is 0 Å². The van der Waals surface area contributed by atoms with Gasteiger partial charge in [-0.05, 0) is 12.6 Å². The van der Waals surface area contributed by atoms with Crippen molar-refractivity contribution in [1.29, 1.82) is 0 Å². The zero-order chi connectivity index (χ0) is 19.5. The topological polar surface area (TPSA) is 75.1 Å². The van der Waals surface area contributed by atoms with Crippen LogP contribution in [0.25, 0.3) is 0 Å². The summed E-state index contributed by atoms with van der Waals surface area (Å²) in [6, 6.07) is 10.1. The number of aryl methyl sites for hydroxylation is 1. The average Bonchev–Trinajstić information content (AvgIpc) is 3.28. The molecule has 0 radical (unpaired) electrons. The molecule has 1 unspecified atom stereocenters. The van der Waals surface area contributed by atoms with Crippen LogP contribution in [0.2, 0.25) is 0 Å². The van der Waals surface area contributed by atoms with E-state index in [0.717, 1.165) is 37.3 Å². The van der Waals surface area contributed by atoms with E-state index in [1.807, 2.05) is 19.3 Å². The first-order valence-electron chi connectivity index (χ1n) is 9.34. The maximum Gasteiger partial charge on any atom is 0.247 e. The lowest BCUT2D eigenvalue weighted by molar-refractivity contribution is -0.118. The summed E-state index contributed by atoms with van der Waals surface area (Å²) in [6.45, 7) is 2.78. The first-order chi connectivity index (χ1) is 13.6. The third-order valence-corrected chi connectivity index (χ3v) is 5.90. The number of hydrogen-bond donors (Lipinski definition) is 2. The van der Waals surface area contributed by atoms with Crippen LogP contribution in [0, 0.1) is 0 Å². The minimum absolute atomic E-state index is 0.122. The van der Waals surface area contributed by atoms with Gasteiger partial charge in [0.2, 0.25) is 5.91 Å². The van der Waals surface area contributed by atoms with Crippen LogP contribution < -0.4 is 10.6 Å². The second-order valence-electron chi connectivity index (χ2n) is 6.99. The van der Waals surface area contributed by atoms with Crippen LogP contribution in [0.5, 0.6) is 0 Å². The third kappa shape index (κ3) is 4.14. The Hall–Kier alpha value is -2.55. The van der Waals surface area contributed by atoms with E-state index in [0.29, 0.717) is 5.13 Å². The molecule has 2 aromatic heterocycles. The molecule has 8 heteroatoms. The molecule has 1 aliphatic rings. The fourth-order valence-electron chi connectivity index (χ4n) is 3.49. The molecule has 2 N–H and O–H groups in total. The maximum absolute atomic E-state index is 12.7. The average molecular weight is 397 g/mol. The molecule has 1 aliphatic heterocycles. The summed E-state index contributed by atoms with van der Waals surface area (Å²) >= 11 is 1.57. The second-order valence-corrected chi connectivity index (χ2v) is 8.08. The molecule has 0 aliphatic carbocycles. The Morgan fingerprint density at radius 2 is 2.14 bits per heavy atom. The summed E-state index contributed by atoms with van der Waals surface area (Å²) in [5.41, 5.74) is 3.25. The van der Waals surface area contributed by atoms with Gasteiger partial charge in [0.05, 0.1) is 11.9 Å². The lowest BCUT2D eigenvalue weighted by Crippen LogP contribution is -2.30. The number of carbonyl (C=O) groups is 1. The number of rotatable bonds is 6. The van der Waals surface area contributed by atoms with Crippen molar-refractivity contribution in [2.45, 2.75) is 25.6 Å². The fourth-order valence-corrected chi connectivity index (χ4v) is 4.55. The highest BCUT2D eigenvalue weighted by molar-refractivity contribution is 7.15. The Morgan fingerprint density at radius 1 is 1.32 bits per heavy atom. The van der Waals surface area contributed by atoms with Crippen molar-refractivity contribution < 1.29 is 4.79 Å². The highest BCUT2D eigenvalue weighted by Crippen LogP contribution is 2.29. The first-order valence-corrected chi connectivity index (χ1v) is 10.2. The number of thiazole rings is 1. The van der Waals surface area contributed by atoms with Crippen LogP contribution in [0.4, 0.5) is 5.13 Å². The number of nitrogens with zero attached hydrogens (tertiary/aromatic N) is 4. The number of amides is 1. The SMILES string of the molecule is CNC(C(=O)Nc1nc2c(s1)CN(Cc1ccccc1)CC2)c1cnn(C)c1. The zero-order valence-electron chi connectivity index (χ0n) is 16.1. The summed E-state index contributed by atoms with van der Waals surface area (Å²) in [6.07, 6.45) is 4.46. The van der Waals surface area contributed by atoms with Gasteiger partial charge in [0, 0.05) is 49.7 Å². The van der Waals surface area contributed by atoms with Crippen LogP contribution in [0.1, 0.15) is 27.7 Å². The van der Waals surface area contributed by atoms with Gasteiger partial charge in [-0.15, -0.1) is 11.3 Å². The van der Waals surface area contributed by atoms with E-state index in [4.69, 9.17) is 0 Å². The van der Waals surface area contributed by atoms with Gasteiger partial charge in [0.25, 0.3) is 0 Å². The van der Waals surface area contributed by atoms with Crippen molar-refractivity contribution in [2.75, 3.05) is 18.9 Å². The highest BCUT2D eigenvalue weighted by atomic mass is 32.1. The van der Waals surface area contributed by atoms with Crippen LogP contribution in [0.15, 0.2) is 42.7 Å². The number of carbonyl (C=O) groups excluding carboxylic acids is 1. The molecular formula is C20H24N6OS. The molecule has 0 fully saturated rings. The molecule has 1 aromatic carbocycles. The maximum atomic E-state index is 12.7. The normalized spacial score (nSPS) is 15.2. The van der Waals surface area contributed by atoms with E-state index in [2.05, 4.69) is 49.9 Å². The van der Waals surface area contributed by atoms with Crippen molar-refractivity contribution >= 4 is 22.4 Å². The summed E-state index contributed by atoms with van der Waals surface area (Å²) in [4.78, 5) is 21.0. The molecule has 1 atom stereocenters. The summed E-state index contributed by atoms with van der Waals surface area (Å²) in [7, 11) is 3.61. The van der Waals surface area contributed by atoms with Gasteiger partial charge in [-0.25, -0.2) is 4.98 Å². The molecule has 4 rings (SSSR count). The molecule has 0 bridgehead atoms. The van der Waals surface area contributed by atoms with Crippen molar-refractivity contribution in [1.82, 2.24) is 25.0 Å². The number of likely N-dealkylation sites (N-methyl/N-ethyl adjacent to an activating group) is 1. The molecule has 0 saturated carbocycles. The molecular weight excluding hydrogens is 372 g/mol. The monoisotopic (exact) mass is 396 g/mol. The Bertz CT molecular complexity index is 951. The Kier molecular flexibility index (Phi) is 5.52. The Labute approximate surface area is 168 Å². The van der Waals surface area contributed by atoms with E-state index in [1.54, 1.807) is 29.3 Å². The predicted octanol–water partition coefficient (Wildman–Crippen LogP) is 2.33. The number of anilines is 1. The minimum atomic E-state index is -0.454. The Balaban J connectivity index is 1.42. The molecule has 0 spiro atoms. The molecule has 146 valence electrons. The first kappa shape index (κ1) is 18.8. The van der Waals surface area contributed by atoms with Crippen molar-refractivity contribution in [3.63, 3.8) is 0 Å². The number of benzene rings is 1. The van der Waals surface area contributed by atoms with E-state index in [9.17, 15) is 4.79 Å². The fraction of sp³-hybridized carbons (Fsp3) is 0.350. The Morgan fingerprint density at radius 3 is 2.86 bits per heavy atom. The molecule has 3 heterocycles. The number of fused-ring (bicyclic) bond motifs is 1. The standard InChI is InChI=1S/C20H24N6OS/c1-21-18(15-10-22-25(2)12-15)19(27)24-20-23-16-8-9-26(13-17(16)28-20)11-14-6-4-3-5-7-14/h3-7,10,12,18,21H,8-9,11,13H2,1-2H3,(H,23,24,27). The van der Waals surface area contributed by atoms with Crippen molar-refractivity contribution in [3.05, 3.63) is 64.4 Å². The highest BCUT2D eigenvalue weighted by Gasteiger charge is 2.24. The number of aromatic nitrogens is 3. The van der Waals surface area contributed by atoms with E-state index in [-0.39, 0.29) is 5.91 Å². The van der Waals surface area contributed by atoms with E-state index < -0.39 is 6.04 Å². The number of hydrogen-bond acceptors (Lipinski definition) is 6. The largest absolute Gasteiger partial charge is 0.305 e. The summed E-state index contributed by atoms with van der Waals surface area (Å²) in [5, 5.41) is 10.8. The molecule has 28 heavy (non-hydrogen) atoms. The predicted molar refractivity (Wildman–Crippen MR) is 110 cm³/mol. The lowest BCUT2D eigenvalue weighted by atomic mass is 10.1. The van der Waals surface area contributed by atoms with Gasteiger partial charge < -0.3 is 10.6 Å². The van der Waals surface area contributed by atoms with Gasteiger partial charge in [-0.2, -0.15) is 5.10 Å². The third-order valence-electron chi connectivity index (χ3n) is 4.90. The molecule has 7 nitrogen and oxygen atoms in total.